The summed E-state index contributed by atoms with van der Waals surface area (Å²) in [6.07, 6.45) is 1.88. The monoisotopic (exact) mass is 480 g/mol. The molecule has 1 heterocycles. The fourth-order valence-electron chi connectivity index (χ4n) is 3.52. The molecule has 7 nitrogen and oxygen atoms in total. The van der Waals surface area contributed by atoms with E-state index in [4.69, 9.17) is 25.8 Å². The number of rotatable bonds is 7. The number of aryl methyl sites for hydroxylation is 1. The number of benzene rings is 3. The van der Waals surface area contributed by atoms with Crippen LogP contribution in [0.2, 0.25) is 5.02 Å². The minimum Gasteiger partial charge on any atom is -0.506 e. The topological polar surface area (TPSA) is 89.1 Å². The predicted molar refractivity (Wildman–Crippen MR) is 133 cm³/mol. The van der Waals surface area contributed by atoms with Crippen molar-refractivity contribution < 1.29 is 24.1 Å². The Morgan fingerprint density at radius 3 is 2.79 bits per heavy atom. The summed E-state index contributed by atoms with van der Waals surface area (Å²) in [5, 5.41) is 17.2. The largest absolute Gasteiger partial charge is 0.506 e. The third-order valence-corrected chi connectivity index (χ3v) is 5.39. The highest BCUT2D eigenvalue weighted by molar-refractivity contribution is 6.32. The van der Waals surface area contributed by atoms with Crippen molar-refractivity contribution in [2.24, 2.45) is 0 Å². The molecule has 1 aliphatic heterocycles. The predicted octanol–water partition coefficient (Wildman–Crippen LogP) is 5.97. The maximum atomic E-state index is 11.8. The minimum atomic E-state index is -0.336. The van der Waals surface area contributed by atoms with Crippen molar-refractivity contribution in [2.75, 3.05) is 30.4 Å². The van der Waals surface area contributed by atoms with Gasteiger partial charge >= 0.3 is 5.97 Å². The third-order valence-electron chi connectivity index (χ3n) is 5.08. The first-order valence-electron chi connectivity index (χ1n) is 10.8. The molecule has 3 aromatic carbocycles. The van der Waals surface area contributed by atoms with Gasteiger partial charge in [0.2, 0.25) is 0 Å². The molecule has 4 rings (SSSR count). The Bertz CT molecular complexity index is 1240. The van der Waals surface area contributed by atoms with Crippen molar-refractivity contribution in [1.82, 2.24) is 0 Å². The average molecular weight is 481 g/mol. The van der Waals surface area contributed by atoms with Crippen molar-refractivity contribution >= 4 is 35.0 Å². The van der Waals surface area contributed by atoms with Crippen LogP contribution >= 0.6 is 11.6 Å². The van der Waals surface area contributed by atoms with Gasteiger partial charge in [-0.25, -0.2) is 0 Å². The third kappa shape index (κ3) is 5.55. The number of phenolic OH excluding ortho intramolecular Hbond substituents is 1. The van der Waals surface area contributed by atoms with Gasteiger partial charge < -0.3 is 30.0 Å². The quantitative estimate of drug-likeness (QED) is 0.283. The number of phenols is 1. The zero-order chi connectivity index (χ0) is 24.1. The van der Waals surface area contributed by atoms with E-state index in [0.29, 0.717) is 40.3 Å². The zero-order valence-electron chi connectivity index (χ0n) is 18.9. The Hall–Kier alpha value is -3.84. The second-order valence-corrected chi connectivity index (χ2v) is 8.07. The molecule has 0 aliphatic carbocycles. The molecule has 3 aromatic rings. The van der Waals surface area contributed by atoms with Crippen LogP contribution in [-0.2, 0) is 9.53 Å². The summed E-state index contributed by atoms with van der Waals surface area (Å²) < 4.78 is 17.1. The summed E-state index contributed by atoms with van der Waals surface area (Å²) in [6.45, 7) is 4.23. The Kier molecular flexibility index (Phi) is 7.13. The Morgan fingerprint density at radius 1 is 1.18 bits per heavy atom. The van der Waals surface area contributed by atoms with Gasteiger partial charge in [-0.2, -0.15) is 0 Å². The zero-order valence-corrected chi connectivity index (χ0v) is 19.6. The number of carbonyl (C=O) groups excluding carboxylic acids is 1. The first-order chi connectivity index (χ1) is 16.4. The van der Waals surface area contributed by atoms with Crippen molar-refractivity contribution in [3.63, 3.8) is 0 Å². The number of ether oxygens (including phenoxy) is 3. The highest BCUT2D eigenvalue weighted by Crippen LogP contribution is 2.38. The number of aromatic hydroxyl groups is 1. The van der Waals surface area contributed by atoms with Crippen LogP contribution in [0.4, 0.5) is 11.4 Å². The maximum Gasteiger partial charge on any atom is 0.325 e. The number of fused-ring (bicyclic) bond motifs is 3. The Morgan fingerprint density at radius 2 is 2.00 bits per heavy atom. The smallest absolute Gasteiger partial charge is 0.325 e. The number of nitrogens with one attached hydrogen (secondary N) is 2. The highest BCUT2D eigenvalue weighted by Gasteiger charge is 2.16. The van der Waals surface area contributed by atoms with E-state index < -0.39 is 0 Å². The number of anilines is 2. The number of hydrogen-bond acceptors (Lipinski definition) is 7. The van der Waals surface area contributed by atoms with Gasteiger partial charge in [0, 0.05) is 17.3 Å². The molecule has 0 aromatic heterocycles. The molecule has 34 heavy (non-hydrogen) atoms. The van der Waals surface area contributed by atoms with E-state index in [1.54, 1.807) is 37.3 Å². The molecular weight excluding hydrogens is 456 g/mol. The molecule has 0 saturated heterocycles. The van der Waals surface area contributed by atoms with Crippen LogP contribution in [0.1, 0.15) is 18.1 Å². The van der Waals surface area contributed by atoms with Gasteiger partial charge in [0.05, 0.1) is 23.0 Å². The molecule has 1 aliphatic rings. The molecule has 0 fully saturated rings. The van der Waals surface area contributed by atoms with Crippen LogP contribution in [0.5, 0.6) is 23.0 Å². The van der Waals surface area contributed by atoms with E-state index in [2.05, 4.69) is 10.6 Å². The van der Waals surface area contributed by atoms with Crippen LogP contribution in [0.25, 0.3) is 6.08 Å². The fraction of sp³-hybridized carbons (Fsp3) is 0.192. The van der Waals surface area contributed by atoms with E-state index in [0.717, 1.165) is 16.8 Å². The summed E-state index contributed by atoms with van der Waals surface area (Å²) in [6, 6.07) is 16.0. The highest BCUT2D eigenvalue weighted by atomic mass is 35.5. The molecule has 8 heteroatoms. The Balaban J connectivity index is 1.70. The van der Waals surface area contributed by atoms with Crippen molar-refractivity contribution in [1.29, 1.82) is 0 Å². The standard InChI is InChI=1S/C26H25ClN2O5/c1-3-32-25(31)14-28-18-10-16(2)26-17(11-18)12-19(15-33-24-7-5-4-6-21(24)27)29-22-13-20(34-26)8-9-23(22)30/h4-13,28-30H,3,14-15H2,1-2H3. The van der Waals surface area contributed by atoms with Crippen LogP contribution in [0.15, 0.2) is 60.3 Å². The average Bonchev–Trinajstić information content (AvgIpc) is 2.87. The van der Waals surface area contributed by atoms with Gasteiger partial charge in [0.25, 0.3) is 0 Å². The molecule has 0 unspecified atom stereocenters. The van der Waals surface area contributed by atoms with E-state index in [9.17, 15) is 9.90 Å². The molecule has 176 valence electrons. The maximum absolute atomic E-state index is 11.8. The van der Waals surface area contributed by atoms with Crippen LogP contribution in [0, 0.1) is 6.92 Å². The molecular formula is C26H25ClN2O5. The summed E-state index contributed by atoms with van der Waals surface area (Å²) in [7, 11) is 0. The molecule has 0 amide bonds. The van der Waals surface area contributed by atoms with Crippen LogP contribution in [0.3, 0.4) is 0 Å². The summed E-state index contributed by atoms with van der Waals surface area (Å²) in [5.74, 6) is 1.51. The van der Waals surface area contributed by atoms with E-state index in [-0.39, 0.29) is 24.9 Å². The van der Waals surface area contributed by atoms with Gasteiger partial charge in [-0.15, -0.1) is 0 Å². The van der Waals surface area contributed by atoms with Gasteiger partial charge in [-0.3, -0.25) is 4.79 Å². The minimum absolute atomic E-state index is 0.0476. The number of esters is 1. The van der Waals surface area contributed by atoms with Crippen molar-refractivity contribution in [3.8, 4) is 23.0 Å². The molecule has 0 radical (unpaired) electrons. The molecule has 0 spiro atoms. The SMILES string of the molecule is CCOC(=O)CNc1cc(C)c2c(c1)C=C(COc1ccccc1Cl)Nc1cc(ccc1O)O2. The van der Waals surface area contributed by atoms with E-state index in [1.807, 2.05) is 37.3 Å². The first-order valence-corrected chi connectivity index (χ1v) is 11.2. The van der Waals surface area contributed by atoms with E-state index in [1.165, 1.54) is 0 Å². The lowest BCUT2D eigenvalue weighted by molar-refractivity contribution is -0.140. The van der Waals surface area contributed by atoms with Crippen LogP contribution in [-0.4, -0.2) is 30.8 Å². The number of halogens is 1. The second kappa shape index (κ2) is 10.4. The molecule has 0 atom stereocenters. The number of carbonyl (C=O) groups is 1. The molecule has 0 saturated carbocycles. The van der Waals surface area contributed by atoms with E-state index >= 15 is 0 Å². The van der Waals surface area contributed by atoms with Crippen LogP contribution < -0.4 is 20.1 Å². The lowest BCUT2D eigenvalue weighted by atomic mass is 10.1. The summed E-state index contributed by atoms with van der Waals surface area (Å²) in [5.41, 5.74) is 3.52. The Labute approximate surface area is 202 Å². The van der Waals surface area contributed by atoms with Gasteiger partial charge in [0.1, 0.15) is 36.1 Å². The fourth-order valence-corrected chi connectivity index (χ4v) is 3.71. The van der Waals surface area contributed by atoms with Crippen molar-refractivity contribution in [2.45, 2.75) is 13.8 Å². The summed E-state index contributed by atoms with van der Waals surface area (Å²) >= 11 is 6.24. The number of hydrogen-bond donors (Lipinski definition) is 3. The second-order valence-electron chi connectivity index (χ2n) is 7.66. The van der Waals surface area contributed by atoms with Gasteiger partial charge in [0.15, 0.2) is 0 Å². The first kappa shape index (κ1) is 23.3. The molecule has 3 N–H and O–H groups in total. The normalized spacial score (nSPS) is 12.0. The van der Waals surface area contributed by atoms with Crippen molar-refractivity contribution in [3.05, 3.63) is 76.4 Å². The lowest BCUT2D eigenvalue weighted by Crippen LogP contribution is -2.16. The molecule has 2 bridgehead atoms. The number of para-hydroxylation sites is 1. The van der Waals surface area contributed by atoms with Gasteiger partial charge in [-0.1, -0.05) is 23.7 Å². The summed E-state index contributed by atoms with van der Waals surface area (Å²) in [4.78, 5) is 11.8. The van der Waals surface area contributed by atoms with Gasteiger partial charge in [-0.05, 0) is 61.9 Å². The lowest BCUT2D eigenvalue weighted by Gasteiger charge is -2.15.